The minimum atomic E-state index is -4.23. The van der Waals surface area contributed by atoms with Gasteiger partial charge in [0, 0.05) is 50.0 Å². The lowest BCUT2D eigenvalue weighted by atomic mass is 10.1. The highest BCUT2D eigenvalue weighted by molar-refractivity contribution is 6.31. The van der Waals surface area contributed by atoms with Crippen LogP contribution in [-0.2, 0) is 9.53 Å². The Morgan fingerprint density at radius 3 is 2.41 bits per heavy atom. The molecule has 10 nitrogen and oxygen atoms in total. The first-order valence-electron chi connectivity index (χ1n) is 12.7. The molecule has 15 heteroatoms. The maximum absolute atomic E-state index is 14.9. The Hall–Kier alpha value is -3.62. The van der Waals surface area contributed by atoms with Gasteiger partial charge < -0.3 is 30.3 Å². The molecule has 1 atom stereocenters. The maximum atomic E-state index is 14.9. The zero-order valence-corrected chi connectivity index (χ0v) is 22.5. The van der Waals surface area contributed by atoms with Crippen LogP contribution in [0.15, 0.2) is 36.4 Å². The molecule has 0 saturated carbocycles. The Balaban J connectivity index is 1.39. The Bertz CT molecular complexity index is 1290. The summed E-state index contributed by atoms with van der Waals surface area (Å²) >= 11 is 6.17. The van der Waals surface area contributed by atoms with Gasteiger partial charge in [-0.25, -0.2) is 9.18 Å². The third-order valence-electron chi connectivity index (χ3n) is 6.74. The first kappa shape index (κ1) is 30.3. The van der Waals surface area contributed by atoms with Crippen molar-refractivity contribution >= 4 is 46.6 Å². The number of ether oxygens (including phenoxy) is 1. The fraction of sp³-hybridized carbons (Fsp3) is 0.423. The molecule has 0 spiro atoms. The summed E-state index contributed by atoms with van der Waals surface area (Å²) in [7, 11) is 0. The van der Waals surface area contributed by atoms with Crippen molar-refractivity contribution < 1.29 is 41.8 Å². The molecule has 2 saturated heterocycles. The van der Waals surface area contributed by atoms with Crippen molar-refractivity contribution in [2.24, 2.45) is 0 Å². The molecule has 4 rings (SSSR count). The second-order valence-electron chi connectivity index (χ2n) is 9.58. The average Bonchev–Trinajstić information content (AvgIpc) is 2.93. The van der Waals surface area contributed by atoms with Gasteiger partial charge in [-0.3, -0.25) is 14.5 Å². The number of amides is 3. The number of anilines is 3. The SMILES string of the molecule is O=C(Nc1ccc(Cl)cc1N1CCN(CCC(F)(F)F)CC1)c1ccc(NC(=O)C2CN(C(=O)O)CCO2)cc1F. The highest BCUT2D eigenvalue weighted by Gasteiger charge is 2.30. The number of benzene rings is 2. The number of nitrogens with zero attached hydrogens (tertiary/aromatic N) is 3. The molecule has 1 unspecified atom stereocenters. The molecule has 0 radical (unpaired) electrons. The first-order chi connectivity index (χ1) is 19.4. The van der Waals surface area contributed by atoms with Crippen LogP contribution in [-0.4, -0.2) is 97.5 Å². The van der Waals surface area contributed by atoms with Crippen LogP contribution in [0.1, 0.15) is 16.8 Å². The number of piperazine rings is 1. The van der Waals surface area contributed by atoms with Gasteiger partial charge in [-0.1, -0.05) is 11.6 Å². The summed E-state index contributed by atoms with van der Waals surface area (Å²) in [6.45, 7) is 1.48. The summed E-state index contributed by atoms with van der Waals surface area (Å²) in [6.07, 6.45) is -7.37. The molecule has 2 aromatic rings. The number of halogens is 5. The van der Waals surface area contributed by atoms with Crippen LogP contribution in [0.4, 0.5) is 39.4 Å². The number of rotatable bonds is 7. The highest BCUT2D eigenvalue weighted by Crippen LogP contribution is 2.31. The van der Waals surface area contributed by atoms with Gasteiger partial charge in [-0.05, 0) is 36.4 Å². The molecule has 3 amide bonds. The van der Waals surface area contributed by atoms with E-state index in [1.165, 1.54) is 12.1 Å². The van der Waals surface area contributed by atoms with E-state index >= 15 is 0 Å². The molecule has 222 valence electrons. The lowest BCUT2D eigenvalue weighted by molar-refractivity contribution is -0.138. The predicted molar refractivity (Wildman–Crippen MR) is 143 cm³/mol. The monoisotopic (exact) mass is 601 g/mol. The van der Waals surface area contributed by atoms with Crippen LogP contribution in [0.25, 0.3) is 0 Å². The molecular formula is C26H28ClF4N5O5. The highest BCUT2D eigenvalue weighted by atomic mass is 35.5. The number of carbonyl (C=O) groups is 3. The molecule has 41 heavy (non-hydrogen) atoms. The maximum Gasteiger partial charge on any atom is 0.407 e. The summed E-state index contributed by atoms with van der Waals surface area (Å²) in [5.41, 5.74) is 0.647. The molecular weight excluding hydrogens is 574 g/mol. The van der Waals surface area contributed by atoms with Crippen molar-refractivity contribution in [1.29, 1.82) is 0 Å². The standard InChI is InChI=1S/C26H28ClF4N5O5/c27-16-1-4-20(21(13-16)35-9-7-34(8-10-35)6-5-26(29,30)31)33-23(37)18-3-2-17(14-19(18)28)32-24(38)22-15-36(25(39)40)11-12-41-22/h1-4,13-14,22H,5-12,15H2,(H,32,38)(H,33,37)(H,39,40). The summed E-state index contributed by atoms with van der Waals surface area (Å²) in [4.78, 5) is 41.3. The van der Waals surface area contributed by atoms with Crippen molar-refractivity contribution in [2.75, 3.05) is 68.0 Å². The number of alkyl halides is 3. The third kappa shape index (κ3) is 8.21. The van der Waals surface area contributed by atoms with Crippen molar-refractivity contribution in [1.82, 2.24) is 9.80 Å². The van der Waals surface area contributed by atoms with Gasteiger partial charge in [-0.15, -0.1) is 0 Å². The van der Waals surface area contributed by atoms with E-state index in [1.807, 2.05) is 4.90 Å². The Morgan fingerprint density at radius 1 is 1.02 bits per heavy atom. The van der Waals surface area contributed by atoms with Crippen molar-refractivity contribution in [2.45, 2.75) is 18.7 Å². The quantitative estimate of drug-likeness (QED) is 0.409. The third-order valence-corrected chi connectivity index (χ3v) is 6.98. The second-order valence-corrected chi connectivity index (χ2v) is 10.0. The normalized spacial score (nSPS) is 18.2. The van der Waals surface area contributed by atoms with E-state index in [4.69, 9.17) is 21.4 Å². The lowest BCUT2D eigenvalue weighted by Gasteiger charge is -2.37. The summed E-state index contributed by atoms with van der Waals surface area (Å²) < 4.78 is 58.0. The molecule has 0 aromatic heterocycles. The topological polar surface area (TPSA) is 114 Å². The number of hydrogen-bond acceptors (Lipinski definition) is 6. The molecule has 2 aliphatic heterocycles. The molecule has 0 bridgehead atoms. The van der Waals surface area contributed by atoms with Gasteiger partial charge in [0.2, 0.25) is 0 Å². The summed E-state index contributed by atoms with van der Waals surface area (Å²) in [5.74, 6) is -2.33. The van der Waals surface area contributed by atoms with E-state index < -0.39 is 42.4 Å². The molecule has 2 fully saturated rings. The van der Waals surface area contributed by atoms with Gasteiger partial charge in [0.25, 0.3) is 11.8 Å². The van der Waals surface area contributed by atoms with Crippen LogP contribution in [0.5, 0.6) is 0 Å². The Kier molecular flexibility index (Phi) is 9.56. The van der Waals surface area contributed by atoms with Crippen molar-refractivity contribution in [3.8, 4) is 0 Å². The van der Waals surface area contributed by atoms with Crippen molar-refractivity contribution in [3.63, 3.8) is 0 Å². The minimum Gasteiger partial charge on any atom is -0.465 e. The smallest absolute Gasteiger partial charge is 0.407 e. The molecule has 2 aromatic carbocycles. The number of carbonyl (C=O) groups excluding carboxylic acids is 2. The van der Waals surface area contributed by atoms with Crippen LogP contribution < -0.4 is 15.5 Å². The average molecular weight is 602 g/mol. The summed E-state index contributed by atoms with van der Waals surface area (Å²) in [6, 6.07) is 8.22. The number of morpholine rings is 1. The fourth-order valence-corrected chi connectivity index (χ4v) is 4.71. The van der Waals surface area contributed by atoms with E-state index in [0.29, 0.717) is 42.6 Å². The zero-order valence-electron chi connectivity index (χ0n) is 21.7. The summed E-state index contributed by atoms with van der Waals surface area (Å²) in [5, 5.41) is 14.6. The van der Waals surface area contributed by atoms with E-state index in [0.717, 1.165) is 11.0 Å². The molecule has 0 aliphatic carbocycles. The van der Waals surface area contributed by atoms with Crippen LogP contribution in [0.3, 0.4) is 0 Å². The van der Waals surface area contributed by atoms with Gasteiger partial charge >= 0.3 is 12.3 Å². The Labute approximate surface area is 237 Å². The molecule has 2 heterocycles. The van der Waals surface area contributed by atoms with E-state index in [2.05, 4.69) is 10.6 Å². The van der Waals surface area contributed by atoms with Crippen LogP contribution >= 0.6 is 11.6 Å². The van der Waals surface area contributed by atoms with Gasteiger partial charge in [0.1, 0.15) is 5.82 Å². The first-order valence-corrected chi connectivity index (χ1v) is 13.1. The molecule has 2 aliphatic rings. The predicted octanol–water partition coefficient (Wildman–Crippen LogP) is 4.12. The second kappa shape index (κ2) is 12.9. The van der Waals surface area contributed by atoms with Gasteiger partial charge in [-0.2, -0.15) is 13.2 Å². The number of hydrogen-bond donors (Lipinski definition) is 3. The zero-order chi connectivity index (χ0) is 29.7. The van der Waals surface area contributed by atoms with Crippen LogP contribution in [0, 0.1) is 5.82 Å². The minimum absolute atomic E-state index is 0.0400. The van der Waals surface area contributed by atoms with Gasteiger partial charge in [0.05, 0.1) is 36.5 Å². The Morgan fingerprint density at radius 2 is 1.76 bits per heavy atom. The molecule has 3 N–H and O–H groups in total. The van der Waals surface area contributed by atoms with E-state index in [9.17, 15) is 31.9 Å². The van der Waals surface area contributed by atoms with Crippen molar-refractivity contribution in [3.05, 3.63) is 52.8 Å². The lowest BCUT2D eigenvalue weighted by Crippen LogP contribution is -2.49. The number of carboxylic acid groups (broad SMARTS) is 1. The van der Waals surface area contributed by atoms with Crippen LogP contribution in [0.2, 0.25) is 5.02 Å². The largest absolute Gasteiger partial charge is 0.465 e. The van der Waals surface area contributed by atoms with E-state index in [1.54, 1.807) is 23.1 Å². The fourth-order valence-electron chi connectivity index (χ4n) is 4.54. The van der Waals surface area contributed by atoms with Gasteiger partial charge in [0.15, 0.2) is 6.10 Å². The number of nitrogens with one attached hydrogen (secondary N) is 2. The van der Waals surface area contributed by atoms with E-state index in [-0.39, 0.29) is 37.5 Å².